The van der Waals surface area contributed by atoms with E-state index in [0.29, 0.717) is 5.75 Å². The second-order valence-corrected chi connectivity index (χ2v) is 5.54. The Bertz CT molecular complexity index is 285. The number of carboxylic acid groups (broad SMARTS) is 1. The average Bonchev–Trinajstić information content (AvgIpc) is 2.32. The molecule has 1 rings (SSSR count). The number of rotatable bonds is 4. The van der Waals surface area contributed by atoms with Crippen molar-refractivity contribution >= 4 is 23.6 Å². The van der Waals surface area contributed by atoms with Gasteiger partial charge in [-0.2, -0.15) is 0 Å². The summed E-state index contributed by atoms with van der Waals surface area (Å²) >= 11 is 1.52. The summed E-state index contributed by atoms with van der Waals surface area (Å²) in [5, 5.41) is 8.92. The predicted octanol–water partition coefficient (Wildman–Crippen LogP) is 0.961. The predicted molar refractivity (Wildman–Crippen MR) is 62.8 cm³/mol. The zero-order valence-electron chi connectivity index (χ0n) is 9.58. The molecule has 2 atom stereocenters. The lowest BCUT2D eigenvalue weighted by atomic mass is 10.1. The van der Waals surface area contributed by atoms with Crippen LogP contribution in [0.2, 0.25) is 0 Å². The minimum absolute atomic E-state index is 0.0124. The van der Waals surface area contributed by atoms with E-state index in [4.69, 9.17) is 5.11 Å². The van der Waals surface area contributed by atoms with Crippen LogP contribution < -0.4 is 10.9 Å². The van der Waals surface area contributed by atoms with Crippen molar-refractivity contribution in [2.45, 2.75) is 38.0 Å². The van der Waals surface area contributed by atoms with Crippen molar-refractivity contribution in [2.75, 3.05) is 5.75 Å². The van der Waals surface area contributed by atoms with Gasteiger partial charge in [0.2, 0.25) is 5.91 Å². The Morgan fingerprint density at radius 3 is 2.94 bits per heavy atom. The van der Waals surface area contributed by atoms with Gasteiger partial charge in [-0.1, -0.05) is 20.3 Å². The quantitative estimate of drug-likeness (QED) is 0.688. The fourth-order valence-corrected chi connectivity index (χ4v) is 3.08. The number of carboxylic acids is 1. The normalized spacial score (nSPS) is 30.6. The highest BCUT2D eigenvalue weighted by atomic mass is 32.2. The molecule has 2 unspecified atom stereocenters. The molecule has 0 aliphatic carbocycles. The molecule has 1 aliphatic heterocycles. The van der Waals surface area contributed by atoms with E-state index in [2.05, 4.69) is 10.9 Å². The first-order valence-corrected chi connectivity index (χ1v) is 6.40. The highest BCUT2D eigenvalue weighted by Crippen LogP contribution is 2.33. The standard InChI is InChI=1S/C10H18N2O3S/c1-3-4-10(5-8(13)14)12-11-9(15)7(2)6-16-10/h7,12H,3-6H2,1-2H3,(H,11,15)(H,13,14). The Morgan fingerprint density at radius 2 is 2.38 bits per heavy atom. The molecule has 1 amide bonds. The molecule has 16 heavy (non-hydrogen) atoms. The van der Waals surface area contributed by atoms with Gasteiger partial charge >= 0.3 is 5.97 Å². The molecule has 1 fully saturated rings. The van der Waals surface area contributed by atoms with E-state index < -0.39 is 10.8 Å². The van der Waals surface area contributed by atoms with E-state index in [0.717, 1.165) is 12.8 Å². The molecule has 1 heterocycles. The third-order valence-electron chi connectivity index (χ3n) is 2.56. The van der Waals surface area contributed by atoms with Crippen LogP contribution in [-0.4, -0.2) is 27.6 Å². The molecule has 3 N–H and O–H groups in total. The van der Waals surface area contributed by atoms with Crippen molar-refractivity contribution in [3.05, 3.63) is 0 Å². The summed E-state index contributed by atoms with van der Waals surface area (Å²) < 4.78 is 0. The molecule has 1 aliphatic rings. The molecular weight excluding hydrogens is 228 g/mol. The molecule has 0 spiro atoms. The van der Waals surface area contributed by atoms with Gasteiger partial charge in [0.25, 0.3) is 0 Å². The van der Waals surface area contributed by atoms with E-state index in [1.165, 1.54) is 11.8 Å². The average molecular weight is 246 g/mol. The zero-order valence-corrected chi connectivity index (χ0v) is 10.4. The van der Waals surface area contributed by atoms with Crippen molar-refractivity contribution in [3.8, 4) is 0 Å². The molecule has 0 radical (unpaired) electrons. The van der Waals surface area contributed by atoms with Crippen LogP contribution in [0.15, 0.2) is 0 Å². The van der Waals surface area contributed by atoms with Crippen molar-refractivity contribution < 1.29 is 14.7 Å². The van der Waals surface area contributed by atoms with E-state index >= 15 is 0 Å². The van der Waals surface area contributed by atoms with Crippen molar-refractivity contribution in [3.63, 3.8) is 0 Å². The SMILES string of the molecule is CCCC1(CC(=O)O)NNC(=O)C(C)CS1. The van der Waals surface area contributed by atoms with Crippen molar-refractivity contribution in [1.82, 2.24) is 10.9 Å². The maximum atomic E-state index is 11.5. The van der Waals surface area contributed by atoms with Gasteiger partial charge in [-0.05, 0) is 6.42 Å². The zero-order chi connectivity index (χ0) is 12.2. The van der Waals surface area contributed by atoms with E-state index in [-0.39, 0.29) is 18.2 Å². The highest BCUT2D eigenvalue weighted by molar-refractivity contribution is 8.00. The van der Waals surface area contributed by atoms with E-state index in [1.807, 2.05) is 13.8 Å². The summed E-state index contributed by atoms with van der Waals surface area (Å²) in [6.45, 7) is 3.84. The Kier molecular flexibility index (Phi) is 4.61. The lowest BCUT2D eigenvalue weighted by molar-refractivity contribution is -0.138. The summed E-state index contributed by atoms with van der Waals surface area (Å²) in [6, 6.07) is 0. The number of carbonyl (C=O) groups excluding carboxylic acids is 1. The maximum absolute atomic E-state index is 11.5. The van der Waals surface area contributed by atoms with Crippen LogP contribution in [0.25, 0.3) is 0 Å². The van der Waals surface area contributed by atoms with Gasteiger partial charge in [0, 0.05) is 11.7 Å². The number of aliphatic carboxylic acids is 1. The van der Waals surface area contributed by atoms with Gasteiger partial charge < -0.3 is 5.11 Å². The number of nitrogens with one attached hydrogen (secondary N) is 2. The fraction of sp³-hybridized carbons (Fsp3) is 0.800. The first kappa shape index (κ1) is 13.3. The molecule has 6 heteroatoms. The van der Waals surface area contributed by atoms with Crippen LogP contribution in [0.5, 0.6) is 0 Å². The summed E-state index contributed by atoms with van der Waals surface area (Å²) in [6.07, 6.45) is 1.60. The summed E-state index contributed by atoms with van der Waals surface area (Å²) in [4.78, 5) is 21.7. The van der Waals surface area contributed by atoms with Gasteiger partial charge in [-0.15, -0.1) is 11.8 Å². The van der Waals surface area contributed by atoms with Crippen LogP contribution >= 0.6 is 11.8 Å². The number of thioether (sulfide) groups is 1. The third-order valence-corrected chi connectivity index (χ3v) is 4.23. The fourth-order valence-electron chi connectivity index (χ4n) is 1.66. The third kappa shape index (κ3) is 3.38. The highest BCUT2D eigenvalue weighted by Gasteiger charge is 2.36. The Labute approximate surface area is 99.3 Å². The van der Waals surface area contributed by atoms with Gasteiger partial charge in [0.15, 0.2) is 0 Å². The van der Waals surface area contributed by atoms with Gasteiger partial charge in [-0.25, -0.2) is 5.43 Å². The Balaban J connectivity index is 2.76. The smallest absolute Gasteiger partial charge is 0.306 e. The summed E-state index contributed by atoms with van der Waals surface area (Å²) in [5.74, 6) is -0.371. The van der Waals surface area contributed by atoms with Crippen LogP contribution in [0, 0.1) is 5.92 Å². The van der Waals surface area contributed by atoms with Gasteiger partial charge in [0.1, 0.15) is 0 Å². The first-order valence-electron chi connectivity index (χ1n) is 5.42. The first-order chi connectivity index (χ1) is 7.49. The molecule has 0 aromatic rings. The number of hydrazine groups is 1. The van der Waals surface area contributed by atoms with Crippen molar-refractivity contribution in [1.29, 1.82) is 0 Å². The van der Waals surface area contributed by atoms with E-state index in [1.54, 1.807) is 0 Å². The Morgan fingerprint density at radius 1 is 1.69 bits per heavy atom. The van der Waals surface area contributed by atoms with Crippen molar-refractivity contribution in [2.24, 2.45) is 5.92 Å². The monoisotopic (exact) mass is 246 g/mol. The Hall–Kier alpha value is -0.750. The number of amides is 1. The lowest BCUT2D eigenvalue weighted by Gasteiger charge is -2.30. The van der Waals surface area contributed by atoms with Crippen LogP contribution in [0.3, 0.4) is 0 Å². The van der Waals surface area contributed by atoms with Gasteiger partial charge in [-0.3, -0.25) is 15.0 Å². The number of hydrogen-bond donors (Lipinski definition) is 3. The van der Waals surface area contributed by atoms with Crippen LogP contribution in [-0.2, 0) is 9.59 Å². The van der Waals surface area contributed by atoms with Crippen LogP contribution in [0.4, 0.5) is 0 Å². The topological polar surface area (TPSA) is 78.4 Å². The minimum Gasteiger partial charge on any atom is -0.481 e. The number of carbonyl (C=O) groups is 2. The maximum Gasteiger partial charge on any atom is 0.306 e. The largest absolute Gasteiger partial charge is 0.481 e. The molecular formula is C10H18N2O3S. The molecule has 1 saturated heterocycles. The summed E-state index contributed by atoms with van der Waals surface area (Å²) in [5.41, 5.74) is 5.49. The minimum atomic E-state index is -0.850. The van der Waals surface area contributed by atoms with Gasteiger partial charge in [0.05, 0.1) is 11.3 Å². The molecule has 0 aromatic carbocycles. The second kappa shape index (κ2) is 5.54. The van der Waals surface area contributed by atoms with Crippen LogP contribution in [0.1, 0.15) is 33.1 Å². The summed E-state index contributed by atoms with van der Waals surface area (Å²) in [7, 11) is 0. The molecule has 0 bridgehead atoms. The number of hydrogen-bond acceptors (Lipinski definition) is 4. The van der Waals surface area contributed by atoms with E-state index in [9.17, 15) is 9.59 Å². The molecule has 0 aromatic heterocycles. The molecule has 0 saturated carbocycles. The second-order valence-electron chi connectivity index (χ2n) is 4.14. The molecule has 92 valence electrons. The molecule has 5 nitrogen and oxygen atoms in total. The lowest BCUT2D eigenvalue weighted by Crippen LogP contribution is -2.52.